The Hall–Kier alpha value is -2.72. The molecule has 0 saturated carbocycles. The summed E-state index contributed by atoms with van der Waals surface area (Å²) in [6, 6.07) is 5.04. The average molecular weight is 489 g/mol. The summed E-state index contributed by atoms with van der Waals surface area (Å²) in [6.07, 6.45) is 2.65. The molecule has 33 heavy (non-hydrogen) atoms. The van der Waals surface area contributed by atoms with Crippen LogP contribution in [0.1, 0.15) is 37.6 Å². The van der Waals surface area contributed by atoms with Gasteiger partial charge in [0.1, 0.15) is 10.6 Å². The van der Waals surface area contributed by atoms with Gasteiger partial charge in [0, 0.05) is 4.88 Å². The average Bonchev–Trinajstić information content (AvgIpc) is 3.09. The minimum atomic E-state index is -0.957. The molecule has 1 aromatic carbocycles. The zero-order valence-corrected chi connectivity index (χ0v) is 20.2. The van der Waals surface area contributed by atoms with Gasteiger partial charge in [-0.15, -0.1) is 11.3 Å². The normalized spacial score (nSPS) is 16.6. The second-order valence-electron chi connectivity index (χ2n) is 8.65. The molecule has 0 spiro atoms. The molecule has 0 saturated heterocycles. The molecule has 7 nitrogen and oxygen atoms in total. The smallest absolute Gasteiger partial charge is 0.318 e. The minimum absolute atomic E-state index is 0.0707. The fourth-order valence-electron chi connectivity index (χ4n) is 4.09. The maximum atomic E-state index is 14.8. The molecule has 0 fully saturated rings. The van der Waals surface area contributed by atoms with E-state index in [2.05, 4.69) is 12.2 Å². The van der Waals surface area contributed by atoms with E-state index in [4.69, 9.17) is 10.7 Å². The van der Waals surface area contributed by atoms with Gasteiger partial charge in [-0.25, -0.2) is 14.2 Å². The molecule has 3 amide bonds. The number of primary amides is 1. The number of rotatable bonds is 5. The number of aryl methyl sites for hydroxylation is 1. The largest absolute Gasteiger partial charge is 0.351 e. The predicted octanol–water partition coefficient (Wildman–Crippen LogP) is 4.02. The third-order valence-corrected chi connectivity index (χ3v) is 8.38. The number of thiophene rings is 1. The lowest BCUT2D eigenvalue weighted by Gasteiger charge is -2.21. The summed E-state index contributed by atoms with van der Waals surface area (Å²) < 4.78 is 16.1. The Balaban J connectivity index is 1.93. The lowest BCUT2D eigenvalue weighted by Crippen LogP contribution is -2.42. The Labute approximate surface area is 198 Å². The van der Waals surface area contributed by atoms with E-state index in [-0.39, 0.29) is 22.3 Å². The fraction of sp³-hybridized carbons (Fsp3) is 0.391. The van der Waals surface area contributed by atoms with Gasteiger partial charge >= 0.3 is 6.03 Å². The summed E-state index contributed by atoms with van der Waals surface area (Å²) in [5.74, 6) is -0.844. The monoisotopic (exact) mass is 488 g/mol. The highest BCUT2D eigenvalue weighted by Crippen LogP contribution is 2.38. The first kappa shape index (κ1) is 23.4. The number of imide groups is 1. The topological polar surface area (TPSA) is 107 Å². The Kier molecular flexibility index (Phi) is 6.58. The van der Waals surface area contributed by atoms with Gasteiger partial charge in [-0.05, 0) is 48.8 Å². The number of hydrogen-bond donors (Lipinski definition) is 2. The van der Waals surface area contributed by atoms with Crippen molar-refractivity contribution in [3.05, 3.63) is 50.9 Å². The van der Waals surface area contributed by atoms with Crippen molar-refractivity contribution >= 4 is 45.3 Å². The number of benzene rings is 1. The number of halogens is 1. The highest BCUT2D eigenvalue weighted by Gasteiger charge is 2.30. The van der Waals surface area contributed by atoms with Crippen molar-refractivity contribution in [2.75, 3.05) is 0 Å². The Morgan fingerprint density at radius 2 is 2.06 bits per heavy atom. The van der Waals surface area contributed by atoms with Crippen molar-refractivity contribution in [3.63, 3.8) is 0 Å². The summed E-state index contributed by atoms with van der Waals surface area (Å²) in [4.78, 5) is 44.2. The van der Waals surface area contributed by atoms with Crippen LogP contribution in [0.2, 0.25) is 0 Å². The first-order chi connectivity index (χ1) is 15.7. The predicted molar refractivity (Wildman–Crippen MR) is 129 cm³/mol. The number of thioether (sulfide) groups is 1. The lowest BCUT2D eigenvalue weighted by atomic mass is 9.89. The Bertz CT molecular complexity index is 1300. The van der Waals surface area contributed by atoms with Crippen LogP contribution < -0.4 is 16.6 Å². The van der Waals surface area contributed by atoms with Crippen LogP contribution in [0.25, 0.3) is 15.9 Å². The quantitative estimate of drug-likeness (QED) is 0.417. The van der Waals surface area contributed by atoms with Gasteiger partial charge in [0.15, 0.2) is 5.16 Å². The van der Waals surface area contributed by atoms with Crippen molar-refractivity contribution in [2.45, 2.75) is 50.4 Å². The number of nitrogens with two attached hydrogens (primary N) is 1. The lowest BCUT2D eigenvalue weighted by molar-refractivity contribution is -0.120. The highest BCUT2D eigenvalue weighted by atomic mass is 32.2. The van der Waals surface area contributed by atoms with E-state index in [0.29, 0.717) is 16.1 Å². The van der Waals surface area contributed by atoms with Crippen molar-refractivity contribution in [3.8, 4) is 5.69 Å². The van der Waals surface area contributed by atoms with Crippen LogP contribution >= 0.6 is 23.1 Å². The molecule has 2 heterocycles. The van der Waals surface area contributed by atoms with Crippen LogP contribution in [0.4, 0.5) is 9.18 Å². The van der Waals surface area contributed by atoms with E-state index in [1.807, 2.05) is 13.8 Å². The zero-order chi connectivity index (χ0) is 23.9. The van der Waals surface area contributed by atoms with Crippen LogP contribution in [0.15, 0.2) is 34.2 Å². The van der Waals surface area contributed by atoms with Crippen LogP contribution in [-0.4, -0.2) is 26.7 Å². The Morgan fingerprint density at radius 1 is 1.33 bits per heavy atom. The third kappa shape index (κ3) is 4.54. The first-order valence-corrected chi connectivity index (χ1v) is 12.5. The van der Waals surface area contributed by atoms with Crippen molar-refractivity contribution in [1.29, 1.82) is 0 Å². The SMILES string of the molecule is CC(C)[C@@H](Sc1nc2sc3c(c2c(=O)n1-c1ccccc1F)CC[C@@H](C)C3)C(=O)NC(N)=O. The molecule has 0 unspecified atom stereocenters. The molecule has 10 heteroatoms. The molecule has 4 rings (SSSR count). The van der Waals surface area contributed by atoms with Crippen molar-refractivity contribution in [2.24, 2.45) is 17.6 Å². The van der Waals surface area contributed by atoms with Gasteiger partial charge in [-0.3, -0.25) is 19.5 Å². The number of para-hydroxylation sites is 1. The van der Waals surface area contributed by atoms with E-state index in [1.54, 1.807) is 12.1 Å². The van der Waals surface area contributed by atoms with Gasteiger partial charge in [0.05, 0.1) is 16.3 Å². The first-order valence-electron chi connectivity index (χ1n) is 10.8. The molecule has 0 radical (unpaired) electrons. The number of carbonyl (C=O) groups is 2. The fourth-order valence-corrected chi connectivity index (χ4v) is 6.62. The maximum absolute atomic E-state index is 14.8. The standard InChI is InChI=1S/C23H25FN4O3S2/c1-11(2)18(19(29)26-22(25)31)33-23-27-20-17(13-9-8-12(3)10-16(13)32-20)21(30)28(23)15-7-5-4-6-14(15)24/h4-7,11-12,18H,8-10H2,1-3H3,(H3,25,26,29,31)/t12-,18-/m1/s1. The number of carbonyl (C=O) groups excluding carboxylic acids is 2. The van der Waals surface area contributed by atoms with Crippen LogP contribution in [0.5, 0.6) is 0 Å². The van der Waals surface area contributed by atoms with E-state index < -0.39 is 23.0 Å². The van der Waals surface area contributed by atoms with Gasteiger partial charge in [-0.1, -0.05) is 44.7 Å². The second-order valence-corrected chi connectivity index (χ2v) is 10.8. The van der Waals surface area contributed by atoms with E-state index >= 15 is 0 Å². The number of nitrogens with one attached hydrogen (secondary N) is 1. The van der Waals surface area contributed by atoms with Crippen molar-refractivity contribution < 1.29 is 14.0 Å². The summed E-state index contributed by atoms with van der Waals surface area (Å²) in [5.41, 5.74) is 5.85. The van der Waals surface area contributed by atoms with Gasteiger partial charge < -0.3 is 5.73 Å². The van der Waals surface area contributed by atoms with Gasteiger partial charge in [0.2, 0.25) is 5.91 Å². The summed E-state index contributed by atoms with van der Waals surface area (Å²) in [6.45, 7) is 5.81. The van der Waals surface area contributed by atoms with E-state index in [9.17, 15) is 18.8 Å². The summed E-state index contributed by atoms with van der Waals surface area (Å²) in [5, 5.41) is 2.06. The third-order valence-electron chi connectivity index (χ3n) is 5.73. The van der Waals surface area contributed by atoms with Crippen LogP contribution in [0, 0.1) is 17.7 Å². The summed E-state index contributed by atoms with van der Waals surface area (Å²) >= 11 is 2.51. The number of hydrogen-bond acceptors (Lipinski definition) is 6. The number of nitrogens with zero attached hydrogens (tertiary/aromatic N) is 2. The molecule has 0 aliphatic heterocycles. The number of urea groups is 1. The number of amides is 3. The Morgan fingerprint density at radius 3 is 2.73 bits per heavy atom. The maximum Gasteiger partial charge on any atom is 0.318 e. The molecule has 1 aliphatic carbocycles. The molecular weight excluding hydrogens is 463 g/mol. The second kappa shape index (κ2) is 9.26. The van der Waals surface area contributed by atoms with Gasteiger partial charge in [-0.2, -0.15) is 0 Å². The molecule has 2 aromatic heterocycles. The molecule has 174 valence electrons. The molecule has 0 bridgehead atoms. The molecular formula is C23H25FN4O3S2. The number of fused-ring (bicyclic) bond motifs is 3. The van der Waals surface area contributed by atoms with E-state index in [1.165, 1.54) is 28.0 Å². The minimum Gasteiger partial charge on any atom is -0.351 e. The zero-order valence-electron chi connectivity index (χ0n) is 18.6. The molecule has 1 aliphatic rings. The van der Waals surface area contributed by atoms with Crippen molar-refractivity contribution in [1.82, 2.24) is 14.9 Å². The molecule has 2 atom stereocenters. The van der Waals surface area contributed by atoms with Gasteiger partial charge in [0.25, 0.3) is 5.56 Å². The highest BCUT2D eigenvalue weighted by molar-refractivity contribution is 8.00. The number of aromatic nitrogens is 2. The summed E-state index contributed by atoms with van der Waals surface area (Å²) in [7, 11) is 0. The molecule has 3 N–H and O–H groups in total. The van der Waals surface area contributed by atoms with Crippen LogP contribution in [-0.2, 0) is 17.6 Å². The van der Waals surface area contributed by atoms with Crippen LogP contribution in [0.3, 0.4) is 0 Å². The van der Waals surface area contributed by atoms with E-state index in [0.717, 1.165) is 41.5 Å². The molecule has 3 aromatic rings.